The number of benzene rings is 1. The van der Waals surface area contributed by atoms with Crippen LogP contribution in [-0.4, -0.2) is 63.5 Å². The minimum absolute atomic E-state index is 0.178. The largest absolute Gasteiger partial charge is 0.351 e. The maximum absolute atomic E-state index is 12.9. The van der Waals surface area contributed by atoms with Gasteiger partial charge in [-0.3, -0.25) is 19.1 Å². The predicted molar refractivity (Wildman–Crippen MR) is 116 cm³/mol. The Hall–Kier alpha value is -2.58. The van der Waals surface area contributed by atoms with Crippen LogP contribution in [0.2, 0.25) is 10.0 Å². The highest BCUT2D eigenvalue weighted by Gasteiger charge is 2.28. The van der Waals surface area contributed by atoms with E-state index >= 15 is 0 Å². The van der Waals surface area contributed by atoms with E-state index in [0.717, 1.165) is 18.5 Å². The maximum Gasteiger partial charge on any atom is 0.272 e. The fourth-order valence-electron chi connectivity index (χ4n) is 3.86. The van der Waals surface area contributed by atoms with E-state index in [1.165, 1.54) is 6.07 Å². The van der Waals surface area contributed by atoms with Crippen LogP contribution in [-0.2, 0) is 17.9 Å². The average molecular weight is 464 g/mol. The van der Waals surface area contributed by atoms with Crippen molar-refractivity contribution in [2.45, 2.75) is 32.4 Å². The Bertz CT molecular complexity index is 1020. The number of nitrogens with zero attached hydrogens (tertiary/aromatic N) is 4. The summed E-state index contributed by atoms with van der Waals surface area (Å²) in [5.74, 6) is -0.327. The lowest BCUT2D eigenvalue weighted by molar-refractivity contribution is -0.127. The molecule has 2 aromatic rings. The summed E-state index contributed by atoms with van der Waals surface area (Å²) < 4.78 is 1.57. The summed E-state index contributed by atoms with van der Waals surface area (Å²) in [7, 11) is 0. The van der Waals surface area contributed by atoms with Gasteiger partial charge in [-0.1, -0.05) is 29.3 Å². The van der Waals surface area contributed by atoms with Crippen molar-refractivity contribution in [2.75, 3.05) is 26.2 Å². The fourth-order valence-corrected chi connectivity index (χ4v) is 4.18. The average Bonchev–Trinajstić information content (AvgIpc) is 3.37. The van der Waals surface area contributed by atoms with Gasteiger partial charge in [-0.25, -0.2) is 0 Å². The van der Waals surface area contributed by atoms with E-state index in [4.69, 9.17) is 23.2 Å². The third kappa shape index (κ3) is 4.85. The zero-order chi connectivity index (χ0) is 22.0. The molecule has 0 aliphatic carbocycles. The lowest BCUT2D eigenvalue weighted by atomic mass is 10.2. The van der Waals surface area contributed by atoms with Gasteiger partial charge in [-0.2, -0.15) is 5.10 Å². The third-order valence-corrected chi connectivity index (χ3v) is 6.26. The molecule has 1 saturated heterocycles. The molecular formula is C21H23Cl2N5O3. The Labute approximate surface area is 190 Å². The number of aromatic nitrogens is 2. The Morgan fingerprint density at radius 2 is 1.90 bits per heavy atom. The van der Waals surface area contributed by atoms with Crippen molar-refractivity contribution in [3.05, 3.63) is 51.3 Å². The van der Waals surface area contributed by atoms with Crippen molar-refractivity contribution in [3.63, 3.8) is 0 Å². The van der Waals surface area contributed by atoms with Gasteiger partial charge in [0.25, 0.3) is 11.8 Å². The minimum Gasteiger partial charge on any atom is -0.351 e. The second kappa shape index (κ2) is 9.28. The maximum atomic E-state index is 12.9. The highest BCUT2D eigenvalue weighted by atomic mass is 35.5. The topological polar surface area (TPSA) is 87.5 Å². The Balaban J connectivity index is 1.33. The molecule has 3 heterocycles. The van der Waals surface area contributed by atoms with E-state index in [0.29, 0.717) is 61.3 Å². The number of halogens is 2. The molecule has 31 heavy (non-hydrogen) atoms. The van der Waals surface area contributed by atoms with Gasteiger partial charge >= 0.3 is 0 Å². The third-order valence-electron chi connectivity index (χ3n) is 5.52. The molecule has 1 aromatic carbocycles. The van der Waals surface area contributed by atoms with Crippen LogP contribution in [0.25, 0.3) is 0 Å². The number of carbonyl (C=O) groups is 3. The number of hydrogen-bond donors (Lipinski definition) is 1. The molecule has 1 aromatic heterocycles. The van der Waals surface area contributed by atoms with Crippen LogP contribution in [0.3, 0.4) is 0 Å². The van der Waals surface area contributed by atoms with Crippen LogP contribution >= 0.6 is 23.2 Å². The van der Waals surface area contributed by atoms with Crippen molar-refractivity contribution < 1.29 is 14.4 Å². The highest BCUT2D eigenvalue weighted by molar-refractivity contribution is 6.42. The number of carbonyl (C=O) groups excluding carboxylic acids is 3. The van der Waals surface area contributed by atoms with E-state index in [1.807, 2.05) is 11.0 Å². The lowest BCUT2D eigenvalue weighted by Crippen LogP contribution is -2.39. The molecule has 0 spiro atoms. The zero-order valence-electron chi connectivity index (χ0n) is 16.9. The molecule has 1 fully saturated rings. The van der Waals surface area contributed by atoms with E-state index in [1.54, 1.807) is 21.7 Å². The smallest absolute Gasteiger partial charge is 0.272 e. The number of amides is 3. The van der Waals surface area contributed by atoms with Crippen LogP contribution in [0.1, 0.15) is 45.8 Å². The first-order valence-electron chi connectivity index (χ1n) is 10.3. The quantitative estimate of drug-likeness (QED) is 0.639. The van der Waals surface area contributed by atoms with Crippen LogP contribution in [0.15, 0.2) is 24.3 Å². The Morgan fingerprint density at radius 3 is 2.65 bits per heavy atom. The van der Waals surface area contributed by atoms with Gasteiger partial charge in [0.15, 0.2) is 5.69 Å². The van der Waals surface area contributed by atoms with E-state index in [2.05, 4.69) is 10.4 Å². The summed E-state index contributed by atoms with van der Waals surface area (Å²) >= 11 is 12.0. The van der Waals surface area contributed by atoms with Gasteiger partial charge in [0, 0.05) is 45.2 Å². The molecule has 2 aliphatic rings. The Morgan fingerprint density at radius 1 is 1.06 bits per heavy atom. The van der Waals surface area contributed by atoms with Crippen molar-refractivity contribution in [1.82, 2.24) is 24.9 Å². The molecule has 0 unspecified atom stereocenters. The Kier molecular flexibility index (Phi) is 6.48. The molecule has 0 radical (unpaired) electrons. The standard InChI is InChI=1S/C21H23Cl2N5O3/c22-15-5-4-14(11-16(15)23)13-27-9-10-28-18(21(27)31)12-17(25-28)20(30)24-6-2-8-26-7-1-3-19(26)29/h4-5,11-12H,1-3,6-10,13H2,(H,24,30). The van der Waals surface area contributed by atoms with Gasteiger partial charge in [0.1, 0.15) is 5.69 Å². The number of rotatable bonds is 7. The second-order valence-corrected chi connectivity index (χ2v) is 8.52. The van der Waals surface area contributed by atoms with Crippen molar-refractivity contribution in [1.29, 1.82) is 0 Å². The molecular weight excluding hydrogens is 441 g/mol. The van der Waals surface area contributed by atoms with E-state index in [-0.39, 0.29) is 23.4 Å². The van der Waals surface area contributed by atoms with Gasteiger partial charge in [-0.05, 0) is 30.5 Å². The molecule has 3 amide bonds. The van der Waals surface area contributed by atoms with Gasteiger partial charge in [-0.15, -0.1) is 0 Å². The van der Waals surface area contributed by atoms with Crippen LogP contribution in [0.5, 0.6) is 0 Å². The first kappa shape index (κ1) is 21.6. The molecule has 10 heteroatoms. The van der Waals surface area contributed by atoms with Crippen LogP contribution in [0, 0.1) is 0 Å². The summed E-state index contributed by atoms with van der Waals surface area (Å²) in [6, 6.07) is 6.82. The van der Waals surface area contributed by atoms with Crippen molar-refractivity contribution in [2.24, 2.45) is 0 Å². The molecule has 1 N–H and O–H groups in total. The van der Waals surface area contributed by atoms with Crippen LogP contribution < -0.4 is 5.32 Å². The summed E-state index contributed by atoms with van der Waals surface area (Å²) in [5, 5.41) is 8.02. The monoisotopic (exact) mass is 463 g/mol. The van der Waals surface area contributed by atoms with E-state index < -0.39 is 0 Å². The van der Waals surface area contributed by atoms with Gasteiger partial charge in [0.2, 0.25) is 5.91 Å². The molecule has 8 nitrogen and oxygen atoms in total. The minimum atomic E-state index is -0.321. The first-order chi connectivity index (χ1) is 14.9. The first-order valence-corrected chi connectivity index (χ1v) is 11.0. The number of fused-ring (bicyclic) bond motifs is 1. The molecule has 0 saturated carbocycles. The highest BCUT2D eigenvalue weighted by Crippen LogP contribution is 2.24. The van der Waals surface area contributed by atoms with Crippen molar-refractivity contribution >= 4 is 40.9 Å². The second-order valence-electron chi connectivity index (χ2n) is 7.71. The summed E-state index contributed by atoms with van der Waals surface area (Å²) in [6.07, 6.45) is 2.20. The lowest BCUT2D eigenvalue weighted by Gasteiger charge is -2.27. The summed E-state index contributed by atoms with van der Waals surface area (Å²) in [5.41, 5.74) is 1.49. The summed E-state index contributed by atoms with van der Waals surface area (Å²) in [4.78, 5) is 40.5. The molecule has 2 aliphatic heterocycles. The molecule has 164 valence electrons. The van der Waals surface area contributed by atoms with E-state index in [9.17, 15) is 14.4 Å². The zero-order valence-corrected chi connectivity index (χ0v) is 18.5. The normalized spacial score (nSPS) is 16.1. The predicted octanol–water partition coefficient (Wildman–Crippen LogP) is 2.59. The number of likely N-dealkylation sites (tertiary alicyclic amines) is 1. The van der Waals surface area contributed by atoms with Gasteiger partial charge in [0.05, 0.1) is 16.6 Å². The van der Waals surface area contributed by atoms with Crippen LogP contribution in [0.4, 0.5) is 0 Å². The van der Waals surface area contributed by atoms with Crippen molar-refractivity contribution in [3.8, 4) is 0 Å². The molecule has 4 rings (SSSR count). The van der Waals surface area contributed by atoms with Gasteiger partial charge < -0.3 is 15.1 Å². The molecule has 0 bridgehead atoms. The summed E-state index contributed by atoms with van der Waals surface area (Å²) in [6.45, 7) is 3.27. The SMILES string of the molecule is O=C(NCCCN1CCCC1=O)c1cc2n(n1)CCN(Cc1ccc(Cl)c(Cl)c1)C2=O. The molecule has 0 atom stereocenters. The number of hydrogen-bond acceptors (Lipinski definition) is 4. The fraction of sp³-hybridized carbons (Fsp3) is 0.429. The number of nitrogens with one attached hydrogen (secondary N) is 1.